The van der Waals surface area contributed by atoms with Gasteiger partial charge in [-0.2, -0.15) is 0 Å². The van der Waals surface area contributed by atoms with Crippen LogP contribution in [0.1, 0.15) is 12.7 Å². The number of nitrogens with zero attached hydrogens (tertiary/aromatic N) is 3. The lowest BCUT2D eigenvalue weighted by Crippen LogP contribution is -2.22. The van der Waals surface area contributed by atoms with E-state index in [2.05, 4.69) is 15.3 Å². The molecule has 1 heterocycles. The number of carbonyl (C=O) groups excluding carboxylic acids is 1. The second-order valence-corrected chi connectivity index (χ2v) is 7.50. The molecule has 9 heteroatoms. The molecule has 0 unspecified atom stereocenters. The Labute approximate surface area is 164 Å². The van der Waals surface area contributed by atoms with Gasteiger partial charge in [0.15, 0.2) is 0 Å². The maximum atomic E-state index is 12.5. The smallest absolute Gasteiger partial charge is 0.271 e. The van der Waals surface area contributed by atoms with Gasteiger partial charge in [-0.1, -0.05) is 41.6 Å². The summed E-state index contributed by atoms with van der Waals surface area (Å²) < 4.78 is 0. The lowest BCUT2D eigenvalue weighted by atomic mass is 10.2. The number of amides is 1. The number of benzene rings is 2. The number of aromatic nitrogens is 2. The highest BCUT2D eigenvalue weighted by Crippen LogP contribution is 2.31. The molecular weight excluding hydrogens is 388 g/mol. The molecule has 0 aliphatic heterocycles. The number of nitrogens with one attached hydrogen (secondary N) is 1. The van der Waals surface area contributed by atoms with Crippen molar-refractivity contribution >= 4 is 51.5 Å². The van der Waals surface area contributed by atoms with Crippen LogP contribution in [0.15, 0.2) is 47.5 Å². The summed E-state index contributed by atoms with van der Waals surface area (Å²) in [6.45, 7) is 3.56. The normalized spacial score (nSPS) is 12.0. The van der Waals surface area contributed by atoms with Gasteiger partial charge in [-0.3, -0.25) is 14.9 Å². The first-order valence-corrected chi connectivity index (χ1v) is 9.26. The van der Waals surface area contributed by atoms with E-state index in [4.69, 9.17) is 11.6 Å². The first kappa shape index (κ1) is 19.1. The minimum absolute atomic E-state index is 0.109. The summed E-state index contributed by atoms with van der Waals surface area (Å²) in [4.78, 5) is 31.6. The fraction of sp³-hybridized carbons (Fsp3) is 0.167. The Hall–Kier alpha value is -2.71. The van der Waals surface area contributed by atoms with E-state index < -0.39 is 10.2 Å². The van der Waals surface area contributed by atoms with Gasteiger partial charge in [0.25, 0.3) is 5.69 Å². The second-order valence-electron chi connectivity index (χ2n) is 5.76. The molecule has 0 saturated carbocycles. The van der Waals surface area contributed by atoms with Crippen LogP contribution in [0.5, 0.6) is 0 Å². The average molecular weight is 403 g/mol. The molecule has 2 aromatic carbocycles. The zero-order valence-electron chi connectivity index (χ0n) is 14.5. The quantitative estimate of drug-likeness (QED) is 0.289. The Morgan fingerprint density at radius 1 is 1.26 bits per heavy atom. The number of thioether (sulfide) groups is 1. The average Bonchev–Trinajstić information content (AvgIpc) is 2.62. The predicted octanol–water partition coefficient (Wildman–Crippen LogP) is 4.62. The molecule has 3 rings (SSSR count). The van der Waals surface area contributed by atoms with E-state index in [0.717, 1.165) is 15.9 Å². The van der Waals surface area contributed by atoms with E-state index in [9.17, 15) is 14.9 Å². The molecule has 0 aliphatic rings. The third-order valence-electron chi connectivity index (χ3n) is 3.76. The van der Waals surface area contributed by atoms with Gasteiger partial charge in [-0.15, -0.1) is 0 Å². The number of nitro groups is 1. The topological polar surface area (TPSA) is 98.0 Å². The Morgan fingerprint density at radius 3 is 2.70 bits per heavy atom. The van der Waals surface area contributed by atoms with E-state index in [1.165, 1.54) is 30.0 Å². The first-order chi connectivity index (χ1) is 12.8. The number of carbonyl (C=O) groups is 1. The fourth-order valence-corrected chi connectivity index (χ4v) is 3.63. The number of rotatable bonds is 5. The number of hydrogen-bond acceptors (Lipinski definition) is 6. The molecule has 1 N–H and O–H groups in total. The van der Waals surface area contributed by atoms with Gasteiger partial charge in [-0.05, 0) is 26.0 Å². The molecule has 1 aromatic heterocycles. The van der Waals surface area contributed by atoms with Gasteiger partial charge in [0.2, 0.25) is 5.91 Å². The van der Waals surface area contributed by atoms with Crippen molar-refractivity contribution in [2.24, 2.45) is 0 Å². The molecule has 3 aromatic rings. The molecule has 1 amide bonds. The molecule has 0 radical (unpaired) electrons. The molecule has 0 aliphatic carbocycles. The van der Waals surface area contributed by atoms with Gasteiger partial charge in [0.05, 0.1) is 26.4 Å². The van der Waals surface area contributed by atoms with E-state index in [1.54, 1.807) is 13.8 Å². The molecule has 7 nitrogen and oxygen atoms in total. The van der Waals surface area contributed by atoms with Crippen LogP contribution < -0.4 is 5.32 Å². The monoisotopic (exact) mass is 402 g/mol. The zero-order valence-corrected chi connectivity index (χ0v) is 16.0. The van der Waals surface area contributed by atoms with Crippen molar-refractivity contribution < 1.29 is 9.72 Å². The highest BCUT2D eigenvalue weighted by molar-refractivity contribution is 8.00. The largest absolute Gasteiger partial charge is 0.324 e. The lowest BCUT2D eigenvalue weighted by molar-refractivity contribution is -0.384. The summed E-state index contributed by atoms with van der Waals surface area (Å²) in [5.41, 5.74) is 1.00. The van der Waals surface area contributed by atoms with Gasteiger partial charge >= 0.3 is 0 Å². The van der Waals surface area contributed by atoms with Crippen LogP contribution in [0.4, 0.5) is 11.4 Å². The number of non-ortho nitro benzene ring substituents is 1. The van der Waals surface area contributed by atoms with E-state index in [0.29, 0.717) is 11.5 Å². The first-order valence-electron chi connectivity index (χ1n) is 8.00. The van der Waals surface area contributed by atoms with Gasteiger partial charge < -0.3 is 5.32 Å². The third-order valence-corrected chi connectivity index (χ3v) is 5.17. The van der Waals surface area contributed by atoms with Crippen molar-refractivity contribution in [1.82, 2.24) is 9.97 Å². The number of aryl methyl sites for hydroxylation is 1. The molecule has 27 heavy (non-hydrogen) atoms. The Morgan fingerprint density at radius 2 is 2.00 bits per heavy atom. The summed E-state index contributed by atoms with van der Waals surface area (Å²) in [6.07, 6.45) is 0. The highest BCUT2D eigenvalue weighted by Gasteiger charge is 2.19. The third kappa shape index (κ3) is 4.35. The minimum atomic E-state index is -0.543. The molecular formula is C18H15ClN4O3S. The second kappa shape index (κ2) is 7.89. The number of hydrogen-bond donors (Lipinski definition) is 1. The fourth-order valence-electron chi connectivity index (χ4n) is 2.42. The predicted molar refractivity (Wildman–Crippen MR) is 106 cm³/mol. The van der Waals surface area contributed by atoms with Crippen molar-refractivity contribution in [3.8, 4) is 0 Å². The van der Waals surface area contributed by atoms with Crippen molar-refractivity contribution in [2.45, 2.75) is 24.1 Å². The molecule has 1 atom stereocenters. The van der Waals surface area contributed by atoms with Crippen LogP contribution in [0.3, 0.4) is 0 Å². The summed E-state index contributed by atoms with van der Waals surface area (Å²) in [7, 11) is 0. The van der Waals surface area contributed by atoms with E-state index >= 15 is 0 Å². The van der Waals surface area contributed by atoms with Gasteiger partial charge in [0, 0.05) is 17.5 Å². The van der Waals surface area contributed by atoms with Gasteiger partial charge in [0.1, 0.15) is 10.9 Å². The molecule has 0 bridgehead atoms. The lowest BCUT2D eigenvalue weighted by Gasteiger charge is -2.14. The van der Waals surface area contributed by atoms with Crippen LogP contribution in [0.2, 0.25) is 5.02 Å². The van der Waals surface area contributed by atoms with Crippen molar-refractivity contribution in [1.29, 1.82) is 0 Å². The highest BCUT2D eigenvalue weighted by atomic mass is 35.5. The number of anilines is 1. The zero-order chi connectivity index (χ0) is 19.6. The van der Waals surface area contributed by atoms with Crippen LogP contribution in [0, 0.1) is 17.0 Å². The number of nitro benzene ring substituents is 1. The van der Waals surface area contributed by atoms with Crippen LogP contribution in [0.25, 0.3) is 10.9 Å². The van der Waals surface area contributed by atoms with Crippen LogP contribution >= 0.6 is 23.4 Å². The summed E-state index contributed by atoms with van der Waals surface area (Å²) in [5.74, 6) is 0.346. The molecule has 0 spiro atoms. The van der Waals surface area contributed by atoms with E-state index in [1.807, 2.05) is 24.3 Å². The minimum Gasteiger partial charge on any atom is -0.324 e. The standard InChI is InChI=1S/C18H15ClN4O3S/c1-10(17(24)22-16-8-7-12(23(25)26)9-14(16)19)27-18-13-5-3-4-6-15(13)20-11(2)21-18/h3-10H,1-2H3,(H,22,24)/t10-/m1/s1. The maximum absolute atomic E-state index is 12.5. The number of halogens is 1. The van der Waals surface area contributed by atoms with Crippen molar-refractivity contribution in [3.63, 3.8) is 0 Å². The van der Waals surface area contributed by atoms with Gasteiger partial charge in [-0.25, -0.2) is 9.97 Å². The molecule has 138 valence electrons. The summed E-state index contributed by atoms with van der Waals surface area (Å²) in [5, 5.41) is 14.7. The molecule has 0 fully saturated rings. The van der Waals surface area contributed by atoms with Crippen molar-refractivity contribution in [2.75, 3.05) is 5.32 Å². The Kier molecular flexibility index (Phi) is 5.57. The Balaban J connectivity index is 1.78. The Bertz CT molecular complexity index is 1040. The number of para-hydroxylation sites is 1. The van der Waals surface area contributed by atoms with E-state index in [-0.39, 0.29) is 16.6 Å². The summed E-state index contributed by atoms with van der Waals surface area (Å²) >= 11 is 7.35. The SMILES string of the molecule is Cc1nc(S[C@H](C)C(=O)Nc2ccc([N+](=O)[O-])cc2Cl)c2ccccc2n1. The van der Waals surface area contributed by atoms with Crippen molar-refractivity contribution in [3.05, 3.63) is 63.4 Å². The van der Waals surface area contributed by atoms with Crippen LogP contribution in [-0.4, -0.2) is 26.0 Å². The molecule has 0 saturated heterocycles. The summed E-state index contributed by atoms with van der Waals surface area (Å²) in [6, 6.07) is 11.5. The number of fused-ring (bicyclic) bond motifs is 1. The van der Waals surface area contributed by atoms with Crippen LogP contribution in [-0.2, 0) is 4.79 Å². The maximum Gasteiger partial charge on any atom is 0.271 e.